The summed E-state index contributed by atoms with van der Waals surface area (Å²) < 4.78 is 82.1. The van der Waals surface area contributed by atoms with E-state index in [1.807, 2.05) is 0 Å². The average Bonchev–Trinajstić information content (AvgIpc) is 3.28. The molecule has 39 heavy (non-hydrogen) atoms. The van der Waals surface area contributed by atoms with Gasteiger partial charge in [-0.05, 0) is 30.3 Å². The van der Waals surface area contributed by atoms with Gasteiger partial charge in [0.15, 0.2) is 11.5 Å². The van der Waals surface area contributed by atoms with Gasteiger partial charge >= 0.3 is 12.6 Å². The predicted octanol–water partition coefficient (Wildman–Crippen LogP) is 2.91. The van der Waals surface area contributed by atoms with Crippen LogP contribution < -0.4 is 14.2 Å². The van der Waals surface area contributed by atoms with Crippen molar-refractivity contribution in [3.8, 4) is 17.2 Å². The van der Waals surface area contributed by atoms with Crippen LogP contribution in [0.25, 0.3) is 11.0 Å². The van der Waals surface area contributed by atoms with Gasteiger partial charge in [0.2, 0.25) is 5.16 Å². The number of carboxylic acid groups (broad SMARTS) is 1. The van der Waals surface area contributed by atoms with Crippen molar-refractivity contribution < 1.29 is 45.5 Å². The molecule has 4 aromatic rings. The number of rotatable bonds is 10. The summed E-state index contributed by atoms with van der Waals surface area (Å²) in [6.07, 6.45) is 1.39. The Balaban J connectivity index is 0.00000420. The van der Waals surface area contributed by atoms with Crippen LogP contribution in [0.5, 0.6) is 17.2 Å². The maximum Gasteiger partial charge on any atom is 0.387 e. The van der Waals surface area contributed by atoms with Crippen LogP contribution in [0.15, 0.2) is 64.8 Å². The number of benzene rings is 2. The van der Waals surface area contributed by atoms with Gasteiger partial charge in [-0.1, -0.05) is 6.07 Å². The number of fused-ring (bicyclic) bond motifs is 1. The number of nitrogens with zero attached hydrogens (tertiary/aromatic N) is 3. The topological polar surface area (TPSA) is 147 Å². The zero-order valence-electron chi connectivity index (χ0n) is 20.7. The van der Waals surface area contributed by atoms with Crippen molar-refractivity contribution in [2.24, 2.45) is 0 Å². The number of pyridine rings is 1. The molecule has 201 valence electrons. The van der Waals surface area contributed by atoms with Gasteiger partial charge in [-0.3, -0.25) is 9.19 Å². The van der Waals surface area contributed by atoms with Crippen molar-refractivity contribution in [2.75, 3.05) is 14.2 Å². The molecule has 0 amide bonds. The van der Waals surface area contributed by atoms with Gasteiger partial charge < -0.3 is 19.3 Å². The predicted molar refractivity (Wildman–Crippen MR) is 136 cm³/mol. The van der Waals surface area contributed by atoms with Crippen LogP contribution in [-0.4, -0.2) is 88.0 Å². The first-order valence-electron chi connectivity index (χ1n) is 10.6. The Morgan fingerprint density at radius 2 is 1.87 bits per heavy atom. The van der Waals surface area contributed by atoms with E-state index in [1.54, 1.807) is 0 Å². The van der Waals surface area contributed by atoms with Gasteiger partial charge in [0.1, 0.15) is 5.75 Å². The van der Waals surface area contributed by atoms with Crippen LogP contribution in [0, 0.1) is 0 Å². The van der Waals surface area contributed by atoms with E-state index >= 15 is 0 Å². The smallest absolute Gasteiger partial charge is 0.387 e. The molecule has 4 rings (SSSR count). The molecular weight excluding hydrogens is 571 g/mol. The molecule has 0 bridgehead atoms. The molecule has 0 aliphatic rings. The Labute approximate surface area is 245 Å². The van der Waals surface area contributed by atoms with Gasteiger partial charge in [0.05, 0.1) is 58.0 Å². The molecule has 2 heterocycles. The summed E-state index contributed by atoms with van der Waals surface area (Å²) in [5.74, 6) is -1.53. The molecule has 0 saturated heterocycles. The van der Waals surface area contributed by atoms with Gasteiger partial charge in [-0.25, -0.2) is 22.2 Å². The Morgan fingerprint density at radius 1 is 1.13 bits per heavy atom. The largest absolute Gasteiger partial charge is 0.493 e. The number of hydrogen-bond donors (Lipinski definition) is 1. The van der Waals surface area contributed by atoms with E-state index in [2.05, 4.69) is 14.7 Å². The number of imidazole rings is 1. The average molecular weight is 591 g/mol. The quantitative estimate of drug-likeness (QED) is 0.274. The van der Waals surface area contributed by atoms with Crippen LogP contribution in [0.4, 0.5) is 8.78 Å². The molecule has 2 aromatic heterocycles. The molecule has 1 unspecified atom stereocenters. The third-order valence-electron chi connectivity index (χ3n) is 5.24. The van der Waals surface area contributed by atoms with Crippen molar-refractivity contribution in [1.82, 2.24) is 13.9 Å². The summed E-state index contributed by atoms with van der Waals surface area (Å²) in [5, 5.41) is 8.86. The maximum absolute atomic E-state index is 13.7. The molecule has 11 nitrogen and oxygen atoms in total. The molecule has 16 heteroatoms. The molecular formula is C23H19F2N3NaO8S2. The number of alkyl halides is 2. The Hall–Kier alpha value is -3.11. The van der Waals surface area contributed by atoms with Gasteiger partial charge in [0.25, 0.3) is 10.0 Å². The Morgan fingerprint density at radius 3 is 2.51 bits per heavy atom. The first-order chi connectivity index (χ1) is 18.1. The second kappa shape index (κ2) is 12.4. The minimum Gasteiger partial charge on any atom is -0.493 e. The number of methoxy groups -OCH3 is 2. The van der Waals surface area contributed by atoms with Crippen LogP contribution in [0.3, 0.4) is 0 Å². The number of aromatic nitrogens is 3. The molecule has 1 atom stereocenters. The summed E-state index contributed by atoms with van der Waals surface area (Å²) in [7, 11) is -4.01. The first-order valence-corrected chi connectivity index (χ1v) is 13.3. The normalized spacial score (nSPS) is 12.1. The molecule has 2 aromatic carbocycles. The standard InChI is InChI=1S/C23H19F2N3O8S2.Na/c1-34-19-8-9-26-17(20(19)35-2)12-37(31)23-27-16-11-14(36-22(24)25)6-7-18(16)28(23)38(32,33)15-5-3-4-13(10-15)21(29)30;/h3-11,22H,12H2,1-2H3,(H,29,30);. The number of halogens is 2. The molecule has 0 aliphatic carbocycles. The molecule has 0 aliphatic heterocycles. The second-order valence-electron chi connectivity index (χ2n) is 7.51. The van der Waals surface area contributed by atoms with E-state index < -0.39 is 43.5 Å². The number of carbonyl (C=O) groups is 1. The van der Waals surface area contributed by atoms with E-state index in [1.165, 1.54) is 50.7 Å². The number of hydrogen-bond acceptors (Lipinski definition) is 9. The fraction of sp³-hybridized carbons (Fsp3) is 0.174. The first kappa shape index (κ1) is 30.4. The van der Waals surface area contributed by atoms with Gasteiger partial charge in [0, 0.05) is 47.9 Å². The number of ether oxygens (including phenoxy) is 3. The van der Waals surface area contributed by atoms with Crippen LogP contribution in [0.2, 0.25) is 0 Å². The van der Waals surface area contributed by atoms with Crippen molar-refractivity contribution in [3.05, 3.63) is 66.0 Å². The van der Waals surface area contributed by atoms with E-state index in [0.29, 0.717) is 9.72 Å². The third-order valence-corrected chi connectivity index (χ3v) is 8.27. The molecule has 0 spiro atoms. The number of carboxylic acids is 1. The minimum absolute atomic E-state index is 0. The number of aromatic carboxylic acids is 1. The summed E-state index contributed by atoms with van der Waals surface area (Å²) in [6.45, 7) is -3.14. The van der Waals surface area contributed by atoms with E-state index in [0.717, 1.165) is 18.2 Å². The van der Waals surface area contributed by atoms with Gasteiger partial charge in [-0.2, -0.15) is 8.78 Å². The Bertz CT molecular complexity index is 1660. The summed E-state index contributed by atoms with van der Waals surface area (Å²) in [4.78, 5) is 19.3. The summed E-state index contributed by atoms with van der Waals surface area (Å²) in [6, 6.07) is 9.43. The molecule has 1 N–H and O–H groups in total. The summed E-state index contributed by atoms with van der Waals surface area (Å²) >= 11 is 0. The fourth-order valence-corrected chi connectivity index (χ4v) is 6.61. The third kappa shape index (κ3) is 6.22. The molecule has 0 fully saturated rings. The Kier molecular flexibility index (Phi) is 9.66. The van der Waals surface area contributed by atoms with E-state index in [9.17, 15) is 31.3 Å². The SMILES string of the molecule is COc1ccnc(CS(=O)c2nc3cc(OC(F)F)ccc3n2S(=O)(=O)c2cccc(C(=O)O)c2)c1OC.[Na]. The van der Waals surface area contributed by atoms with Gasteiger partial charge in [-0.15, -0.1) is 0 Å². The molecule has 1 radical (unpaired) electrons. The van der Waals surface area contributed by atoms with Crippen molar-refractivity contribution in [2.45, 2.75) is 22.4 Å². The minimum atomic E-state index is -4.58. The van der Waals surface area contributed by atoms with Crippen molar-refractivity contribution in [3.63, 3.8) is 0 Å². The van der Waals surface area contributed by atoms with Crippen LogP contribution in [0.1, 0.15) is 16.1 Å². The van der Waals surface area contributed by atoms with Crippen molar-refractivity contribution >= 4 is 67.4 Å². The zero-order valence-corrected chi connectivity index (χ0v) is 24.3. The second-order valence-corrected chi connectivity index (χ2v) is 10.6. The van der Waals surface area contributed by atoms with Crippen molar-refractivity contribution in [1.29, 1.82) is 0 Å². The van der Waals surface area contributed by atoms with Crippen LogP contribution >= 0.6 is 0 Å². The summed E-state index contributed by atoms with van der Waals surface area (Å²) in [5.41, 5.74) is -0.316. The monoisotopic (exact) mass is 590 g/mol. The molecule has 0 saturated carbocycles. The maximum atomic E-state index is 13.7. The van der Waals surface area contributed by atoms with E-state index in [-0.39, 0.29) is 69.1 Å². The zero-order chi connectivity index (χ0) is 27.6. The fourth-order valence-electron chi connectivity index (χ4n) is 3.61. The van der Waals surface area contributed by atoms with E-state index in [4.69, 9.17) is 9.47 Å². The van der Waals surface area contributed by atoms with Crippen LogP contribution in [-0.2, 0) is 26.6 Å².